The van der Waals surface area contributed by atoms with Crippen molar-refractivity contribution in [3.05, 3.63) is 18.2 Å². The highest BCUT2D eigenvalue weighted by molar-refractivity contribution is 5.99. The van der Waals surface area contributed by atoms with E-state index < -0.39 is 0 Å². The van der Waals surface area contributed by atoms with Gasteiger partial charge >= 0.3 is 0 Å². The molecule has 4 heterocycles. The van der Waals surface area contributed by atoms with Gasteiger partial charge in [0, 0.05) is 31.3 Å². The number of fused-ring (bicyclic) bond motifs is 1. The molecular weight excluding hydrogens is 370 g/mol. The van der Waals surface area contributed by atoms with Gasteiger partial charge in [0.15, 0.2) is 5.65 Å². The second-order valence-corrected chi connectivity index (χ2v) is 7.49. The van der Waals surface area contributed by atoms with Crippen molar-refractivity contribution in [1.29, 1.82) is 0 Å². The number of nitrogens with two attached hydrogens (primary N) is 1. The molecule has 0 spiro atoms. The Balaban J connectivity index is 1.73. The zero-order valence-corrected chi connectivity index (χ0v) is 16.7. The average molecular weight is 395 g/mol. The summed E-state index contributed by atoms with van der Waals surface area (Å²) >= 11 is 0. The predicted molar refractivity (Wildman–Crippen MR) is 112 cm³/mol. The quantitative estimate of drug-likeness (QED) is 0.675. The average Bonchev–Trinajstić information content (AvgIpc) is 3.34. The zero-order chi connectivity index (χ0) is 20.0. The topological polar surface area (TPSA) is 103 Å². The lowest BCUT2D eigenvalue weighted by atomic mass is 10.1. The van der Waals surface area contributed by atoms with Crippen LogP contribution in [0.15, 0.2) is 18.2 Å². The Morgan fingerprint density at radius 2 is 1.86 bits per heavy atom. The first-order valence-corrected chi connectivity index (χ1v) is 9.92. The molecule has 0 radical (unpaired) electrons. The van der Waals surface area contributed by atoms with E-state index in [2.05, 4.69) is 15.2 Å². The Morgan fingerprint density at radius 3 is 2.45 bits per heavy atom. The van der Waals surface area contributed by atoms with Gasteiger partial charge in [-0.05, 0) is 31.5 Å². The van der Waals surface area contributed by atoms with Gasteiger partial charge in [0.05, 0.1) is 25.6 Å². The highest BCUT2D eigenvalue weighted by atomic mass is 16.5. The summed E-state index contributed by atoms with van der Waals surface area (Å²) in [6.07, 6.45) is 2.16. The van der Waals surface area contributed by atoms with Crippen LogP contribution in [0.5, 0.6) is 11.5 Å². The van der Waals surface area contributed by atoms with Crippen molar-refractivity contribution < 1.29 is 9.47 Å². The second kappa shape index (κ2) is 7.07. The highest BCUT2D eigenvalue weighted by Crippen LogP contribution is 2.37. The minimum Gasteiger partial charge on any atom is -0.497 e. The molecule has 9 nitrogen and oxygen atoms in total. The normalized spacial score (nSPS) is 18.8. The molecule has 1 aromatic carbocycles. The number of anilines is 2. The van der Waals surface area contributed by atoms with E-state index in [1.54, 1.807) is 14.2 Å². The Hall–Kier alpha value is -3.07. The van der Waals surface area contributed by atoms with Crippen molar-refractivity contribution in [3.8, 4) is 22.8 Å². The molecule has 29 heavy (non-hydrogen) atoms. The molecule has 2 fully saturated rings. The van der Waals surface area contributed by atoms with Crippen molar-refractivity contribution in [2.45, 2.75) is 18.9 Å². The lowest BCUT2D eigenvalue weighted by Gasteiger charge is -2.30. The molecule has 1 unspecified atom stereocenters. The predicted octanol–water partition coefficient (Wildman–Crippen LogP) is 1.84. The fraction of sp³-hybridized carbons (Fsp3) is 0.450. The van der Waals surface area contributed by atoms with Gasteiger partial charge < -0.3 is 25.4 Å². The van der Waals surface area contributed by atoms with Crippen molar-refractivity contribution >= 4 is 22.8 Å². The maximum atomic E-state index is 6.46. The maximum absolute atomic E-state index is 6.46. The summed E-state index contributed by atoms with van der Waals surface area (Å²) in [5.74, 6) is 2.52. The number of nitrogen functional groups attached to an aromatic ring is 1. The van der Waals surface area contributed by atoms with E-state index in [0.29, 0.717) is 23.3 Å². The van der Waals surface area contributed by atoms with E-state index in [-0.39, 0.29) is 6.04 Å². The van der Waals surface area contributed by atoms with Gasteiger partial charge in [-0.2, -0.15) is 15.1 Å². The number of hydrogen-bond acceptors (Lipinski definition) is 8. The zero-order valence-electron chi connectivity index (χ0n) is 16.7. The summed E-state index contributed by atoms with van der Waals surface area (Å²) < 4.78 is 12.9. The van der Waals surface area contributed by atoms with Crippen molar-refractivity contribution in [2.24, 2.45) is 0 Å². The fourth-order valence-electron chi connectivity index (χ4n) is 3.96. The molecule has 2 aromatic heterocycles. The molecule has 0 bridgehead atoms. The van der Waals surface area contributed by atoms with Gasteiger partial charge in [-0.25, -0.2) is 4.68 Å². The number of benzene rings is 1. The maximum Gasteiger partial charge on any atom is 0.229 e. The summed E-state index contributed by atoms with van der Waals surface area (Å²) in [5, 5.41) is 9.15. The third-order valence-electron chi connectivity index (χ3n) is 5.71. The molecule has 152 valence electrons. The summed E-state index contributed by atoms with van der Waals surface area (Å²) in [6, 6.07) is 5.94. The van der Waals surface area contributed by atoms with E-state index in [0.717, 1.165) is 61.3 Å². The Morgan fingerprint density at radius 1 is 1.10 bits per heavy atom. The Labute approximate surface area is 168 Å². The smallest absolute Gasteiger partial charge is 0.229 e. The lowest BCUT2D eigenvalue weighted by molar-refractivity contribution is 0.394. The van der Waals surface area contributed by atoms with Gasteiger partial charge in [0.25, 0.3) is 0 Å². The molecule has 5 rings (SSSR count). The number of ether oxygens (including phenoxy) is 2. The Bertz CT molecular complexity index is 1030. The molecule has 1 atom stereocenters. The van der Waals surface area contributed by atoms with Crippen LogP contribution in [0.2, 0.25) is 0 Å². The van der Waals surface area contributed by atoms with Crippen LogP contribution in [-0.2, 0) is 0 Å². The number of nitrogens with zero attached hydrogens (tertiary/aromatic N) is 5. The number of rotatable bonds is 5. The van der Waals surface area contributed by atoms with Crippen LogP contribution in [0, 0.1) is 0 Å². The first kappa shape index (κ1) is 18.0. The molecular formula is C20H25N7O2. The monoisotopic (exact) mass is 395 g/mol. The largest absolute Gasteiger partial charge is 0.497 e. The summed E-state index contributed by atoms with van der Waals surface area (Å²) in [6.45, 7) is 3.75. The van der Waals surface area contributed by atoms with Crippen LogP contribution < -0.4 is 25.4 Å². The molecule has 0 aliphatic carbocycles. The van der Waals surface area contributed by atoms with Crippen LogP contribution in [0.1, 0.15) is 18.9 Å². The molecule has 0 amide bonds. The molecule has 2 saturated heterocycles. The third kappa shape index (κ3) is 3.02. The molecule has 9 heteroatoms. The number of nitrogens with one attached hydrogen (secondary N) is 1. The third-order valence-corrected chi connectivity index (χ3v) is 5.71. The van der Waals surface area contributed by atoms with Gasteiger partial charge in [0.1, 0.15) is 23.0 Å². The summed E-state index contributed by atoms with van der Waals surface area (Å²) in [4.78, 5) is 11.6. The fourth-order valence-corrected chi connectivity index (χ4v) is 3.96. The van der Waals surface area contributed by atoms with Crippen molar-refractivity contribution in [1.82, 2.24) is 25.1 Å². The second-order valence-electron chi connectivity index (χ2n) is 7.49. The molecule has 2 aliphatic rings. The summed E-state index contributed by atoms with van der Waals surface area (Å²) in [7, 11) is 3.27. The van der Waals surface area contributed by atoms with E-state index in [1.165, 1.54) is 0 Å². The molecule has 0 saturated carbocycles. The van der Waals surface area contributed by atoms with Crippen molar-refractivity contribution in [2.75, 3.05) is 51.0 Å². The van der Waals surface area contributed by atoms with E-state index in [4.69, 9.17) is 25.3 Å². The van der Waals surface area contributed by atoms with Crippen molar-refractivity contribution in [3.63, 3.8) is 0 Å². The van der Waals surface area contributed by atoms with Gasteiger partial charge in [-0.15, -0.1) is 0 Å². The number of hydrogen-bond donors (Lipinski definition) is 2. The summed E-state index contributed by atoms with van der Waals surface area (Å²) in [5.41, 5.74) is 8.85. The Kier molecular flexibility index (Phi) is 4.39. The van der Waals surface area contributed by atoms with Crippen LogP contribution in [0.25, 0.3) is 22.3 Å². The van der Waals surface area contributed by atoms with E-state index in [9.17, 15) is 0 Å². The first-order valence-electron chi connectivity index (χ1n) is 9.92. The molecule has 3 N–H and O–H groups in total. The standard InChI is InChI=1S/C20H25N7O2/c1-28-14-8-12(9-15(10-14)29-2)17-16-18(21)23-20(26-6-3-7-26)24-19(16)27(25-17)13-4-5-22-11-13/h8-10,13,22H,3-7,11H2,1-2H3,(H2,21,23,24). The van der Waals surface area contributed by atoms with E-state index in [1.807, 2.05) is 22.9 Å². The van der Waals surface area contributed by atoms with E-state index >= 15 is 0 Å². The van der Waals surface area contributed by atoms with Crippen LogP contribution in [0.3, 0.4) is 0 Å². The van der Waals surface area contributed by atoms with Gasteiger partial charge in [-0.3, -0.25) is 0 Å². The first-order chi connectivity index (χ1) is 14.2. The van der Waals surface area contributed by atoms with Gasteiger partial charge in [0.2, 0.25) is 5.95 Å². The van der Waals surface area contributed by atoms with Crippen LogP contribution in [-0.4, -0.2) is 60.1 Å². The highest BCUT2D eigenvalue weighted by Gasteiger charge is 2.27. The minimum absolute atomic E-state index is 0.234. The van der Waals surface area contributed by atoms with Crippen LogP contribution >= 0.6 is 0 Å². The van der Waals surface area contributed by atoms with Crippen LogP contribution in [0.4, 0.5) is 11.8 Å². The van der Waals surface area contributed by atoms with Gasteiger partial charge in [-0.1, -0.05) is 0 Å². The SMILES string of the molecule is COc1cc(OC)cc(-c2nn(C3CCNC3)c3nc(N4CCC4)nc(N)c23)c1. The number of methoxy groups -OCH3 is 2. The molecule has 3 aromatic rings. The lowest BCUT2D eigenvalue weighted by Crippen LogP contribution is -2.38. The molecule has 2 aliphatic heterocycles. The number of aromatic nitrogens is 4. The minimum atomic E-state index is 0.234.